The monoisotopic (exact) mass is 236 g/mol. The number of ether oxygens (including phenoxy) is 1. The number of hydrogen-bond acceptors (Lipinski definition) is 5. The Bertz CT molecular complexity index is 379. The van der Waals surface area contributed by atoms with Gasteiger partial charge >= 0.3 is 0 Å². The Morgan fingerprint density at radius 1 is 1.53 bits per heavy atom. The summed E-state index contributed by atoms with van der Waals surface area (Å²) in [6, 6.07) is 2.22. The van der Waals surface area contributed by atoms with Gasteiger partial charge in [0.2, 0.25) is 0 Å². The van der Waals surface area contributed by atoms with Crippen molar-refractivity contribution in [1.29, 1.82) is 0 Å². The van der Waals surface area contributed by atoms with Crippen molar-refractivity contribution in [1.82, 2.24) is 9.97 Å². The second kappa shape index (κ2) is 5.31. The molecule has 1 saturated carbocycles. The lowest BCUT2D eigenvalue weighted by Crippen LogP contribution is -2.19. The van der Waals surface area contributed by atoms with Gasteiger partial charge in [-0.25, -0.2) is 9.97 Å². The summed E-state index contributed by atoms with van der Waals surface area (Å²) in [4.78, 5) is 8.53. The van der Waals surface area contributed by atoms with Crippen molar-refractivity contribution in [2.75, 3.05) is 17.7 Å². The second-order valence-corrected chi connectivity index (χ2v) is 4.50. The minimum absolute atomic E-state index is 0.411. The molecule has 1 aromatic rings. The zero-order valence-electron chi connectivity index (χ0n) is 10.4. The van der Waals surface area contributed by atoms with Crippen molar-refractivity contribution in [3.63, 3.8) is 0 Å². The third kappa shape index (κ3) is 3.56. The van der Waals surface area contributed by atoms with E-state index in [1.165, 1.54) is 12.8 Å². The molecule has 17 heavy (non-hydrogen) atoms. The number of nitrogens with one attached hydrogen (secondary N) is 1. The summed E-state index contributed by atoms with van der Waals surface area (Å²) in [5.41, 5.74) is 5.75. The fraction of sp³-hybridized carbons (Fsp3) is 0.667. The molecule has 0 spiro atoms. The first-order valence-electron chi connectivity index (χ1n) is 6.16. The van der Waals surface area contributed by atoms with Crippen LogP contribution in [0.15, 0.2) is 6.07 Å². The maximum Gasteiger partial charge on any atom is 0.158 e. The van der Waals surface area contributed by atoms with E-state index < -0.39 is 0 Å². The van der Waals surface area contributed by atoms with E-state index in [2.05, 4.69) is 22.2 Å². The summed E-state index contributed by atoms with van der Waals surface area (Å²) in [5.74, 6) is 2.70. The lowest BCUT2D eigenvalue weighted by Gasteiger charge is -2.14. The van der Waals surface area contributed by atoms with E-state index in [0.29, 0.717) is 30.9 Å². The molecule has 1 aliphatic carbocycles. The van der Waals surface area contributed by atoms with E-state index in [4.69, 9.17) is 10.5 Å². The largest absolute Gasteiger partial charge is 0.384 e. The first-order chi connectivity index (χ1) is 8.19. The van der Waals surface area contributed by atoms with Crippen molar-refractivity contribution >= 4 is 11.6 Å². The van der Waals surface area contributed by atoms with Crippen LogP contribution in [0, 0.1) is 5.92 Å². The van der Waals surface area contributed by atoms with Crippen molar-refractivity contribution in [2.45, 2.75) is 39.3 Å². The Kier molecular flexibility index (Phi) is 3.78. The molecule has 0 saturated heterocycles. The molecule has 0 aliphatic heterocycles. The van der Waals surface area contributed by atoms with Crippen molar-refractivity contribution < 1.29 is 4.74 Å². The molecule has 94 valence electrons. The molecule has 5 heteroatoms. The Morgan fingerprint density at radius 3 is 2.94 bits per heavy atom. The zero-order chi connectivity index (χ0) is 12.3. The van der Waals surface area contributed by atoms with E-state index in [1.54, 1.807) is 6.07 Å². The number of rotatable bonds is 6. The van der Waals surface area contributed by atoms with Crippen LogP contribution in [0.1, 0.15) is 32.5 Å². The highest BCUT2D eigenvalue weighted by Gasteiger charge is 2.28. The average Bonchev–Trinajstić information content (AvgIpc) is 3.09. The molecule has 1 atom stereocenters. The Morgan fingerprint density at radius 2 is 2.29 bits per heavy atom. The van der Waals surface area contributed by atoms with Crippen LogP contribution >= 0.6 is 0 Å². The van der Waals surface area contributed by atoms with E-state index in [1.807, 2.05) is 6.92 Å². The molecule has 1 aliphatic rings. The van der Waals surface area contributed by atoms with Crippen molar-refractivity contribution in [3.05, 3.63) is 11.9 Å². The molecule has 1 aromatic heterocycles. The summed E-state index contributed by atoms with van der Waals surface area (Å²) < 4.78 is 5.29. The molecule has 2 rings (SSSR count). The van der Waals surface area contributed by atoms with Gasteiger partial charge in [-0.15, -0.1) is 0 Å². The van der Waals surface area contributed by atoms with E-state index in [9.17, 15) is 0 Å². The van der Waals surface area contributed by atoms with Crippen LogP contribution in [0.5, 0.6) is 0 Å². The average molecular weight is 236 g/mol. The van der Waals surface area contributed by atoms with Crippen LogP contribution in [-0.2, 0) is 11.3 Å². The molecular weight excluding hydrogens is 216 g/mol. The lowest BCUT2D eigenvalue weighted by atomic mass is 10.2. The normalized spacial score (nSPS) is 16.8. The van der Waals surface area contributed by atoms with Crippen LogP contribution in [-0.4, -0.2) is 22.6 Å². The fourth-order valence-electron chi connectivity index (χ4n) is 1.80. The first-order valence-corrected chi connectivity index (χ1v) is 6.16. The topological polar surface area (TPSA) is 73.1 Å². The standard InChI is InChI=1S/C12H20N4O/c1-3-17-7-12-15-10(13)6-11(16-12)14-8(2)9-4-5-9/h6,8-9H,3-5,7H2,1-2H3,(H3,13,14,15,16). The number of anilines is 2. The van der Waals surface area contributed by atoms with Crippen molar-refractivity contribution in [2.24, 2.45) is 5.92 Å². The van der Waals surface area contributed by atoms with Gasteiger partial charge < -0.3 is 15.8 Å². The quantitative estimate of drug-likeness (QED) is 0.788. The zero-order valence-corrected chi connectivity index (χ0v) is 10.4. The first kappa shape index (κ1) is 12.1. The predicted octanol–water partition coefficient (Wildman–Crippen LogP) is 1.81. The molecule has 0 bridgehead atoms. The molecule has 3 N–H and O–H groups in total. The highest BCUT2D eigenvalue weighted by atomic mass is 16.5. The third-order valence-electron chi connectivity index (χ3n) is 2.93. The number of nitrogens with two attached hydrogens (primary N) is 1. The molecule has 1 fully saturated rings. The minimum atomic E-state index is 0.411. The lowest BCUT2D eigenvalue weighted by molar-refractivity contribution is 0.128. The predicted molar refractivity (Wildman–Crippen MR) is 67.6 cm³/mol. The summed E-state index contributed by atoms with van der Waals surface area (Å²) in [5, 5.41) is 3.37. The molecule has 0 amide bonds. The van der Waals surface area contributed by atoms with Crippen LogP contribution in [0.2, 0.25) is 0 Å². The van der Waals surface area contributed by atoms with Gasteiger partial charge in [-0.3, -0.25) is 0 Å². The Balaban J connectivity index is 2.02. The number of aromatic nitrogens is 2. The van der Waals surface area contributed by atoms with Crippen LogP contribution in [0.25, 0.3) is 0 Å². The Hall–Kier alpha value is -1.36. The van der Waals surface area contributed by atoms with Gasteiger partial charge in [0.1, 0.15) is 18.2 Å². The minimum Gasteiger partial charge on any atom is -0.384 e. The SMILES string of the molecule is CCOCc1nc(N)cc(NC(C)C2CC2)n1. The van der Waals surface area contributed by atoms with E-state index >= 15 is 0 Å². The fourth-order valence-corrected chi connectivity index (χ4v) is 1.80. The smallest absolute Gasteiger partial charge is 0.158 e. The van der Waals surface area contributed by atoms with Gasteiger partial charge in [0.25, 0.3) is 0 Å². The highest BCUT2D eigenvalue weighted by molar-refractivity contribution is 5.45. The number of nitrogen functional groups attached to an aromatic ring is 1. The van der Waals surface area contributed by atoms with Crippen LogP contribution in [0.4, 0.5) is 11.6 Å². The highest BCUT2D eigenvalue weighted by Crippen LogP contribution is 2.33. The maximum absolute atomic E-state index is 5.75. The van der Waals surface area contributed by atoms with Gasteiger partial charge in [0, 0.05) is 18.7 Å². The summed E-state index contributed by atoms with van der Waals surface area (Å²) >= 11 is 0. The van der Waals surface area contributed by atoms with Crippen LogP contribution in [0.3, 0.4) is 0 Å². The molecule has 5 nitrogen and oxygen atoms in total. The molecule has 0 aromatic carbocycles. The maximum atomic E-state index is 5.75. The summed E-state index contributed by atoms with van der Waals surface area (Å²) in [6.07, 6.45) is 2.61. The number of nitrogens with zero attached hydrogens (tertiary/aromatic N) is 2. The van der Waals surface area contributed by atoms with Gasteiger partial charge in [0.05, 0.1) is 0 Å². The van der Waals surface area contributed by atoms with E-state index in [0.717, 1.165) is 11.7 Å². The molecule has 0 radical (unpaired) electrons. The van der Waals surface area contributed by atoms with Gasteiger partial charge in [-0.2, -0.15) is 0 Å². The summed E-state index contributed by atoms with van der Waals surface area (Å²) in [6.45, 7) is 5.19. The Labute approximate surface area is 102 Å². The van der Waals surface area contributed by atoms with Gasteiger partial charge in [0.15, 0.2) is 5.82 Å². The second-order valence-electron chi connectivity index (χ2n) is 4.50. The van der Waals surface area contributed by atoms with E-state index in [-0.39, 0.29) is 0 Å². The summed E-state index contributed by atoms with van der Waals surface area (Å²) in [7, 11) is 0. The number of hydrogen-bond donors (Lipinski definition) is 2. The van der Waals surface area contributed by atoms with Crippen LogP contribution < -0.4 is 11.1 Å². The molecule has 1 heterocycles. The van der Waals surface area contributed by atoms with Gasteiger partial charge in [-0.05, 0) is 32.6 Å². The van der Waals surface area contributed by atoms with Gasteiger partial charge in [-0.1, -0.05) is 0 Å². The molecular formula is C12H20N4O. The molecule has 1 unspecified atom stereocenters. The third-order valence-corrected chi connectivity index (χ3v) is 2.93. The van der Waals surface area contributed by atoms with Crippen molar-refractivity contribution in [3.8, 4) is 0 Å².